The lowest BCUT2D eigenvalue weighted by molar-refractivity contribution is 0.0930. The molecule has 36 heavy (non-hydrogen) atoms. The number of furan rings is 1. The highest BCUT2D eigenvalue weighted by atomic mass is 16.3. The summed E-state index contributed by atoms with van der Waals surface area (Å²) in [6, 6.07) is 12.6. The number of amides is 2. The van der Waals surface area contributed by atoms with Gasteiger partial charge in [0.05, 0.1) is 6.04 Å². The minimum atomic E-state index is -0.394. The third-order valence-corrected chi connectivity index (χ3v) is 6.76. The van der Waals surface area contributed by atoms with E-state index in [-0.39, 0.29) is 29.1 Å². The highest BCUT2D eigenvalue weighted by Gasteiger charge is 2.25. The summed E-state index contributed by atoms with van der Waals surface area (Å²) in [5.74, 6) is 0.120. The van der Waals surface area contributed by atoms with Crippen molar-refractivity contribution in [2.24, 2.45) is 0 Å². The fourth-order valence-electron chi connectivity index (χ4n) is 4.60. The molecule has 8 nitrogen and oxygen atoms in total. The smallest absolute Gasteiger partial charge is 0.270 e. The predicted molar refractivity (Wildman–Crippen MR) is 134 cm³/mol. The topological polar surface area (TPSA) is 114 Å². The molecule has 1 aliphatic rings. The second-order valence-corrected chi connectivity index (χ2v) is 9.12. The first-order valence-electron chi connectivity index (χ1n) is 11.8. The van der Waals surface area contributed by atoms with Gasteiger partial charge in [-0.15, -0.1) is 0 Å². The first-order valence-corrected chi connectivity index (χ1v) is 11.8. The molecule has 0 unspecified atom stereocenters. The van der Waals surface area contributed by atoms with Crippen LogP contribution in [0.1, 0.15) is 78.7 Å². The van der Waals surface area contributed by atoms with E-state index in [9.17, 15) is 14.4 Å². The monoisotopic (exact) mass is 482 g/mol. The zero-order valence-electron chi connectivity index (χ0n) is 20.3. The second kappa shape index (κ2) is 9.37. The Morgan fingerprint density at radius 1 is 1.00 bits per heavy atom. The van der Waals surface area contributed by atoms with Crippen molar-refractivity contribution in [3.05, 3.63) is 93.8 Å². The minimum Gasteiger partial charge on any atom is -0.461 e. The number of benzene rings is 2. The number of nitrogens with one attached hydrogen (secondary N) is 2. The van der Waals surface area contributed by atoms with E-state index in [1.807, 2.05) is 44.2 Å². The van der Waals surface area contributed by atoms with Crippen molar-refractivity contribution >= 4 is 28.6 Å². The number of carbonyl (C=O) groups excluding carboxylic acids is 3. The maximum absolute atomic E-state index is 12.9. The SMILES string of the molecule is CC(=O)c1ccc2c(c1)CC[C@@H]2NC(=O)c1cc(C(=O)NCc2ccc3oc(C)c(C)c3c2)ncn1. The molecule has 4 aromatic rings. The zero-order valence-corrected chi connectivity index (χ0v) is 20.3. The van der Waals surface area contributed by atoms with Crippen molar-refractivity contribution in [3.8, 4) is 0 Å². The maximum Gasteiger partial charge on any atom is 0.270 e. The van der Waals surface area contributed by atoms with Crippen molar-refractivity contribution in [3.63, 3.8) is 0 Å². The molecule has 0 aliphatic heterocycles. The number of rotatable bonds is 6. The molecule has 182 valence electrons. The van der Waals surface area contributed by atoms with Gasteiger partial charge in [0.25, 0.3) is 11.8 Å². The molecular weight excluding hydrogens is 456 g/mol. The van der Waals surface area contributed by atoms with Crippen LogP contribution in [0.3, 0.4) is 0 Å². The summed E-state index contributed by atoms with van der Waals surface area (Å²) >= 11 is 0. The summed E-state index contributed by atoms with van der Waals surface area (Å²) in [4.78, 5) is 45.4. The van der Waals surface area contributed by atoms with Gasteiger partial charge in [-0.25, -0.2) is 9.97 Å². The molecule has 0 saturated carbocycles. The quantitative estimate of drug-likeness (QED) is 0.394. The predicted octanol–water partition coefficient (Wildman–Crippen LogP) is 4.39. The Morgan fingerprint density at radius 2 is 1.78 bits per heavy atom. The van der Waals surface area contributed by atoms with E-state index in [4.69, 9.17) is 4.42 Å². The van der Waals surface area contributed by atoms with Crippen LogP contribution in [0.4, 0.5) is 0 Å². The minimum absolute atomic E-state index is 0.0179. The van der Waals surface area contributed by atoms with Crippen LogP contribution in [-0.4, -0.2) is 27.6 Å². The van der Waals surface area contributed by atoms with E-state index in [2.05, 4.69) is 20.6 Å². The normalized spacial score (nSPS) is 14.5. The van der Waals surface area contributed by atoms with Crippen LogP contribution in [0.25, 0.3) is 11.0 Å². The molecule has 2 amide bonds. The van der Waals surface area contributed by atoms with E-state index >= 15 is 0 Å². The number of ketones is 1. The van der Waals surface area contributed by atoms with Gasteiger partial charge in [-0.1, -0.05) is 18.2 Å². The molecule has 1 aliphatic carbocycles. The summed E-state index contributed by atoms with van der Waals surface area (Å²) in [6.45, 7) is 5.78. The molecular formula is C28H26N4O4. The largest absolute Gasteiger partial charge is 0.461 e. The van der Waals surface area contributed by atoms with Gasteiger partial charge in [0.15, 0.2) is 5.78 Å². The third kappa shape index (κ3) is 4.49. The maximum atomic E-state index is 12.9. The highest BCUT2D eigenvalue weighted by molar-refractivity contribution is 5.97. The number of hydrogen-bond acceptors (Lipinski definition) is 6. The number of carbonyl (C=O) groups is 3. The lowest BCUT2D eigenvalue weighted by atomic mass is 10.0. The molecule has 0 spiro atoms. The average Bonchev–Trinajstić information content (AvgIpc) is 3.41. The van der Waals surface area contributed by atoms with Gasteiger partial charge < -0.3 is 15.1 Å². The number of nitrogens with zero attached hydrogens (tertiary/aromatic N) is 2. The molecule has 0 bridgehead atoms. The molecule has 2 heterocycles. The van der Waals surface area contributed by atoms with Crippen LogP contribution >= 0.6 is 0 Å². The molecule has 5 rings (SSSR count). The van der Waals surface area contributed by atoms with Gasteiger partial charge in [0.2, 0.25) is 0 Å². The molecule has 8 heteroatoms. The first-order chi connectivity index (χ1) is 17.3. The van der Waals surface area contributed by atoms with Gasteiger partial charge in [0.1, 0.15) is 29.1 Å². The second-order valence-electron chi connectivity index (χ2n) is 9.12. The van der Waals surface area contributed by atoms with Gasteiger partial charge >= 0.3 is 0 Å². The van der Waals surface area contributed by atoms with Crippen molar-refractivity contribution in [1.82, 2.24) is 20.6 Å². The van der Waals surface area contributed by atoms with Gasteiger partial charge in [-0.3, -0.25) is 14.4 Å². The number of aromatic nitrogens is 2. The standard InChI is InChI=1S/C28H26N4O4/c1-15-17(3)36-26-9-4-18(10-22(15)26)13-29-27(34)24-12-25(31-14-30-24)28(35)32-23-8-6-20-11-19(16(2)33)5-7-21(20)23/h4-5,7,9-12,14,23H,6,8,13H2,1-3H3,(H,29,34)(H,32,35)/t23-/m0/s1. The van der Waals surface area contributed by atoms with E-state index in [0.717, 1.165) is 51.8 Å². The van der Waals surface area contributed by atoms with Crippen LogP contribution in [-0.2, 0) is 13.0 Å². The Hall–Kier alpha value is -4.33. The fourth-order valence-corrected chi connectivity index (χ4v) is 4.60. The number of hydrogen-bond donors (Lipinski definition) is 2. The number of aryl methyl sites for hydroxylation is 3. The summed E-state index contributed by atoms with van der Waals surface area (Å²) in [6.07, 6.45) is 2.73. The lowest BCUT2D eigenvalue weighted by Crippen LogP contribution is -2.29. The Bertz CT molecular complexity index is 1520. The molecule has 0 radical (unpaired) electrons. The Kier molecular flexibility index (Phi) is 6.10. The highest BCUT2D eigenvalue weighted by Crippen LogP contribution is 2.32. The molecule has 2 aromatic carbocycles. The molecule has 2 aromatic heterocycles. The summed E-state index contributed by atoms with van der Waals surface area (Å²) < 4.78 is 5.71. The van der Waals surface area contributed by atoms with Gasteiger partial charge in [0, 0.05) is 23.6 Å². The molecule has 0 saturated heterocycles. The zero-order chi connectivity index (χ0) is 25.4. The molecule has 0 fully saturated rings. The summed E-state index contributed by atoms with van der Waals surface area (Å²) in [5.41, 5.74) is 5.79. The van der Waals surface area contributed by atoms with E-state index in [1.165, 1.54) is 12.4 Å². The third-order valence-electron chi connectivity index (χ3n) is 6.76. The van der Waals surface area contributed by atoms with Crippen LogP contribution in [0, 0.1) is 13.8 Å². The van der Waals surface area contributed by atoms with Crippen molar-refractivity contribution in [1.29, 1.82) is 0 Å². The molecule has 1 atom stereocenters. The Morgan fingerprint density at radius 3 is 2.56 bits per heavy atom. The first kappa shape index (κ1) is 23.4. The lowest BCUT2D eigenvalue weighted by Gasteiger charge is -2.14. The van der Waals surface area contributed by atoms with Crippen LogP contribution < -0.4 is 10.6 Å². The summed E-state index contributed by atoms with van der Waals surface area (Å²) in [7, 11) is 0. The Balaban J connectivity index is 1.25. The van der Waals surface area contributed by atoms with E-state index in [1.54, 1.807) is 13.0 Å². The summed E-state index contributed by atoms with van der Waals surface area (Å²) in [5, 5.41) is 6.87. The molecule has 2 N–H and O–H groups in total. The van der Waals surface area contributed by atoms with E-state index < -0.39 is 5.91 Å². The Labute approximate surface area is 208 Å². The van der Waals surface area contributed by atoms with Crippen molar-refractivity contribution < 1.29 is 18.8 Å². The number of Topliss-reactive ketones (excluding diaryl/α,β-unsaturated/α-hetero) is 1. The van der Waals surface area contributed by atoms with E-state index in [0.29, 0.717) is 12.1 Å². The number of fused-ring (bicyclic) bond motifs is 2. The van der Waals surface area contributed by atoms with Gasteiger partial charge in [-0.05, 0) is 74.1 Å². The van der Waals surface area contributed by atoms with Crippen molar-refractivity contribution in [2.45, 2.75) is 46.2 Å². The van der Waals surface area contributed by atoms with Crippen molar-refractivity contribution in [2.75, 3.05) is 0 Å². The van der Waals surface area contributed by atoms with Crippen LogP contribution in [0.5, 0.6) is 0 Å². The van der Waals surface area contributed by atoms with Crippen LogP contribution in [0.2, 0.25) is 0 Å². The fraction of sp³-hybridized carbons (Fsp3) is 0.250. The van der Waals surface area contributed by atoms with Crippen LogP contribution in [0.15, 0.2) is 53.2 Å². The van der Waals surface area contributed by atoms with Gasteiger partial charge in [-0.2, -0.15) is 0 Å². The average molecular weight is 483 g/mol.